The Labute approximate surface area is 127 Å². The molecule has 0 radical (unpaired) electrons. The van der Waals surface area contributed by atoms with Crippen LogP contribution in [0.4, 0.5) is 0 Å². The number of aromatic amines is 1. The van der Waals surface area contributed by atoms with E-state index in [0.29, 0.717) is 19.3 Å². The van der Waals surface area contributed by atoms with Gasteiger partial charge in [-0.25, -0.2) is 0 Å². The standard InChI is InChI=1S/C17H17NO4/c1-16(2)21-14(19)17(15(20)22-16)8-7-13-11(9-17)10-5-3-4-6-12(10)18-13/h3-6,18H,7-9H2,1-2H3. The molecule has 2 heterocycles. The number of carbonyl (C=O) groups excluding carboxylic acids is 2. The average Bonchev–Trinajstić information content (AvgIpc) is 2.82. The Hall–Kier alpha value is -2.30. The number of carbonyl (C=O) groups is 2. The lowest BCUT2D eigenvalue weighted by atomic mass is 9.72. The summed E-state index contributed by atoms with van der Waals surface area (Å²) in [7, 11) is 0. The molecule has 1 aliphatic carbocycles. The van der Waals surface area contributed by atoms with Crippen molar-refractivity contribution in [2.24, 2.45) is 5.41 Å². The largest absolute Gasteiger partial charge is 0.422 e. The summed E-state index contributed by atoms with van der Waals surface area (Å²) < 4.78 is 10.7. The molecule has 1 aromatic carbocycles. The van der Waals surface area contributed by atoms with E-state index in [1.807, 2.05) is 24.3 Å². The lowest BCUT2D eigenvalue weighted by Gasteiger charge is -2.41. The molecule has 5 heteroatoms. The fourth-order valence-electron chi connectivity index (χ4n) is 3.49. The molecule has 1 spiro atoms. The van der Waals surface area contributed by atoms with Crippen LogP contribution >= 0.6 is 0 Å². The average molecular weight is 299 g/mol. The number of nitrogens with one attached hydrogen (secondary N) is 1. The van der Waals surface area contributed by atoms with E-state index in [1.165, 1.54) is 0 Å². The second kappa shape index (κ2) is 4.12. The third-order valence-electron chi connectivity index (χ3n) is 4.64. The van der Waals surface area contributed by atoms with E-state index in [0.717, 1.165) is 22.2 Å². The van der Waals surface area contributed by atoms with E-state index in [-0.39, 0.29) is 0 Å². The molecule has 0 amide bonds. The van der Waals surface area contributed by atoms with Crippen LogP contribution in [0.1, 0.15) is 31.5 Å². The molecule has 2 aliphatic rings. The lowest BCUT2D eigenvalue weighted by molar-refractivity contribution is -0.251. The third kappa shape index (κ3) is 1.71. The molecule has 1 aliphatic heterocycles. The summed E-state index contributed by atoms with van der Waals surface area (Å²) >= 11 is 0. The maximum atomic E-state index is 12.5. The Balaban J connectivity index is 1.80. The van der Waals surface area contributed by atoms with E-state index >= 15 is 0 Å². The molecule has 1 saturated heterocycles. The minimum Gasteiger partial charge on any atom is -0.422 e. The van der Waals surface area contributed by atoms with Crippen molar-refractivity contribution in [3.63, 3.8) is 0 Å². The molecule has 1 N–H and O–H groups in total. The molecule has 114 valence electrons. The molecule has 1 fully saturated rings. The van der Waals surface area contributed by atoms with Gasteiger partial charge in [0.25, 0.3) is 5.79 Å². The summed E-state index contributed by atoms with van der Waals surface area (Å²) in [6, 6.07) is 7.93. The fourth-order valence-corrected chi connectivity index (χ4v) is 3.49. The second-order valence-electron chi connectivity index (χ2n) is 6.57. The third-order valence-corrected chi connectivity index (χ3v) is 4.64. The van der Waals surface area contributed by atoms with E-state index in [4.69, 9.17) is 9.47 Å². The highest BCUT2D eigenvalue weighted by molar-refractivity contribution is 6.03. The van der Waals surface area contributed by atoms with Crippen LogP contribution in [0.5, 0.6) is 0 Å². The van der Waals surface area contributed by atoms with Crippen molar-refractivity contribution in [3.05, 3.63) is 35.5 Å². The SMILES string of the molecule is CC1(C)OC(=O)C2(CCc3[nH]c4ccccc4c3C2)C(=O)O1. The zero-order chi connectivity index (χ0) is 15.5. The van der Waals surface area contributed by atoms with E-state index in [1.54, 1.807) is 13.8 Å². The first-order chi connectivity index (χ1) is 10.4. The van der Waals surface area contributed by atoms with Crippen molar-refractivity contribution in [1.29, 1.82) is 0 Å². The number of para-hydroxylation sites is 1. The van der Waals surface area contributed by atoms with Crippen LogP contribution in [0.3, 0.4) is 0 Å². The first kappa shape index (κ1) is 13.4. The van der Waals surface area contributed by atoms with Gasteiger partial charge in [0, 0.05) is 36.9 Å². The molecule has 1 aromatic heterocycles. The lowest BCUT2D eigenvalue weighted by Crippen LogP contribution is -2.56. The predicted octanol–water partition coefficient (Wildman–Crippen LogP) is 2.48. The van der Waals surface area contributed by atoms with Gasteiger partial charge in [0.05, 0.1) is 0 Å². The summed E-state index contributed by atoms with van der Waals surface area (Å²) in [5.41, 5.74) is 1.95. The quantitative estimate of drug-likeness (QED) is 0.599. The molecule has 5 nitrogen and oxygen atoms in total. The Kier molecular flexibility index (Phi) is 2.50. The van der Waals surface area contributed by atoms with Gasteiger partial charge in [-0.15, -0.1) is 0 Å². The minimum absolute atomic E-state index is 0.333. The zero-order valence-corrected chi connectivity index (χ0v) is 12.6. The molecular formula is C17H17NO4. The molecular weight excluding hydrogens is 282 g/mol. The molecule has 4 rings (SSSR count). The molecule has 0 atom stereocenters. The Morgan fingerprint density at radius 2 is 1.77 bits per heavy atom. The van der Waals surface area contributed by atoms with Gasteiger partial charge in [0.1, 0.15) is 0 Å². The Morgan fingerprint density at radius 1 is 1.09 bits per heavy atom. The highest BCUT2D eigenvalue weighted by Crippen LogP contribution is 2.44. The van der Waals surface area contributed by atoms with Crippen LogP contribution in [0.15, 0.2) is 24.3 Å². The number of aromatic nitrogens is 1. The molecule has 22 heavy (non-hydrogen) atoms. The maximum absolute atomic E-state index is 12.5. The van der Waals surface area contributed by atoms with Crippen LogP contribution in [-0.4, -0.2) is 22.7 Å². The summed E-state index contributed by atoms with van der Waals surface area (Å²) in [6.45, 7) is 3.16. The number of esters is 2. The van der Waals surface area contributed by atoms with E-state index < -0.39 is 23.1 Å². The topological polar surface area (TPSA) is 68.4 Å². The number of fused-ring (bicyclic) bond motifs is 3. The molecule has 0 unspecified atom stereocenters. The first-order valence-corrected chi connectivity index (χ1v) is 7.47. The van der Waals surface area contributed by atoms with Crippen molar-refractivity contribution >= 4 is 22.8 Å². The smallest absolute Gasteiger partial charge is 0.327 e. The van der Waals surface area contributed by atoms with Crippen LogP contribution < -0.4 is 0 Å². The summed E-state index contributed by atoms with van der Waals surface area (Å²) in [5, 5.41) is 1.06. The number of hydrogen-bond acceptors (Lipinski definition) is 4. The van der Waals surface area contributed by atoms with E-state index in [2.05, 4.69) is 4.98 Å². The Bertz CT molecular complexity index is 782. The van der Waals surface area contributed by atoms with Crippen molar-refractivity contribution < 1.29 is 19.1 Å². The van der Waals surface area contributed by atoms with Gasteiger partial charge in [0.15, 0.2) is 5.41 Å². The highest BCUT2D eigenvalue weighted by atomic mass is 16.7. The van der Waals surface area contributed by atoms with E-state index in [9.17, 15) is 9.59 Å². The van der Waals surface area contributed by atoms with Gasteiger partial charge >= 0.3 is 11.9 Å². The molecule has 2 aromatic rings. The fraction of sp³-hybridized carbons (Fsp3) is 0.412. The second-order valence-corrected chi connectivity index (χ2v) is 6.57. The number of H-pyrrole nitrogens is 1. The number of cyclic esters (lactones) is 2. The summed E-state index contributed by atoms with van der Waals surface area (Å²) in [5.74, 6) is -2.12. The minimum atomic E-state index is -1.20. The van der Waals surface area contributed by atoms with Crippen LogP contribution in [0, 0.1) is 5.41 Å². The van der Waals surface area contributed by atoms with Crippen LogP contribution in [-0.2, 0) is 31.9 Å². The molecule has 0 saturated carbocycles. The van der Waals surface area contributed by atoms with Gasteiger partial charge in [-0.3, -0.25) is 9.59 Å². The first-order valence-electron chi connectivity index (χ1n) is 7.47. The number of rotatable bonds is 0. The summed E-state index contributed by atoms with van der Waals surface area (Å²) in [6.07, 6.45) is 1.38. The monoisotopic (exact) mass is 299 g/mol. The van der Waals surface area contributed by atoms with Gasteiger partial charge < -0.3 is 14.5 Å². The number of aryl methyl sites for hydroxylation is 1. The summed E-state index contributed by atoms with van der Waals surface area (Å²) in [4.78, 5) is 28.4. The van der Waals surface area contributed by atoms with Crippen LogP contribution in [0.2, 0.25) is 0 Å². The van der Waals surface area contributed by atoms with Crippen LogP contribution in [0.25, 0.3) is 10.9 Å². The van der Waals surface area contributed by atoms with Crippen molar-refractivity contribution in [2.45, 2.75) is 38.9 Å². The number of hydrogen-bond donors (Lipinski definition) is 1. The highest BCUT2D eigenvalue weighted by Gasteiger charge is 2.57. The van der Waals surface area contributed by atoms with Crippen molar-refractivity contribution in [1.82, 2.24) is 4.98 Å². The van der Waals surface area contributed by atoms with Gasteiger partial charge in [0.2, 0.25) is 0 Å². The number of benzene rings is 1. The normalized spacial score (nSPS) is 22.3. The zero-order valence-electron chi connectivity index (χ0n) is 12.6. The predicted molar refractivity (Wildman–Crippen MR) is 79.0 cm³/mol. The Morgan fingerprint density at radius 3 is 2.50 bits per heavy atom. The van der Waals surface area contributed by atoms with Crippen molar-refractivity contribution in [2.75, 3.05) is 0 Å². The van der Waals surface area contributed by atoms with Gasteiger partial charge in [-0.2, -0.15) is 0 Å². The molecule has 0 bridgehead atoms. The van der Waals surface area contributed by atoms with Crippen molar-refractivity contribution in [3.8, 4) is 0 Å². The van der Waals surface area contributed by atoms with Gasteiger partial charge in [-0.05, 0) is 24.5 Å². The van der Waals surface area contributed by atoms with Gasteiger partial charge in [-0.1, -0.05) is 18.2 Å². The number of ether oxygens (including phenoxy) is 2. The maximum Gasteiger partial charge on any atom is 0.327 e.